The van der Waals surface area contributed by atoms with Gasteiger partial charge in [0.25, 0.3) is 0 Å². The van der Waals surface area contributed by atoms with Gasteiger partial charge in [0.2, 0.25) is 0 Å². The average Bonchev–Trinajstić information content (AvgIpc) is 2.52. The molecule has 1 aliphatic heterocycles. The van der Waals surface area contributed by atoms with Crippen molar-refractivity contribution in [1.82, 2.24) is 5.32 Å². The summed E-state index contributed by atoms with van der Waals surface area (Å²) in [6.07, 6.45) is 3.75. The molecule has 1 fully saturated rings. The largest absolute Gasteiger partial charge is 0.573 e. The van der Waals surface area contributed by atoms with Crippen LogP contribution in [-0.4, -0.2) is 18.4 Å². The Bertz CT molecular complexity index is 568. The van der Waals surface area contributed by atoms with Gasteiger partial charge in [0.15, 0.2) is 0 Å². The normalized spacial score (nSPS) is 23.6. The predicted molar refractivity (Wildman–Crippen MR) is 86.8 cm³/mol. The fourth-order valence-electron chi connectivity index (χ4n) is 4.02. The number of rotatable bonds is 4. The van der Waals surface area contributed by atoms with Crippen molar-refractivity contribution in [1.29, 1.82) is 0 Å². The zero-order valence-electron chi connectivity index (χ0n) is 13.8. The maximum Gasteiger partial charge on any atom is 0.573 e. The Labute approximate surface area is 140 Å². The zero-order chi connectivity index (χ0) is 17.2. The molecule has 0 spiro atoms. The monoisotopic (exact) mass is 342 g/mol. The molecular formula is C18H25F3N2O. The highest BCUT2D eigenvalue weighted by molar-refractivity contribution is 5.39. The molecule has 134 valence electrons. The molecule has 3 N–H and O–H groups in total. The van der Waals surface area contributed by atoms with Crippen LogP contribution in [0, 0.1) is 0 Å². The van der Waals surface area contributed by atoms with Gasteiger partial charge in [-0.15, -0.1) is 13.2 Å². The summed E-state index contributed by atoms with van der Waals surface area (Å²) in [7, 11) is 0. The number of hydrogen-bond acceptors (Lipinski definition) is 3. The molecule has 1 aromatic rings. The van der Waals surface area contributed by atoms with E-state index in [9.17, 15) is 13.2 Å². The zero-order valence-corrected chi connectivity index (χ0v) is 13.8. The lowest BCUT2D eigenvalue weighted by atomic mass is 9.77. The number of alkyl halides is 3. The third-order valence-electron chi connectivity index (χ3n) is 5.29. The lowest BCUT2D eigenvalue weighted by Gasteiger charge is -2.36. The van der Waals surface area contributed by atoms with Crippen molar-refractivity contribution in [2.24, 2.45) is 5.73 Å². The van der Waals surface area contributed by atoms with E-state index in [1.807, 2.05) is 0 Å². The summed E-state index contributed by atoms with van der Waals surface area (Å²) in [6.45, 7) is 0.769. The van der Waals surface area contributed by atoms with Gasteiger partial charge in [-0.2, -0.15) is 0 Å². The smallest absolute Gasteiger partial charge is 0.406 e. The first kappa shape index (κ1) is 17.5. The van der Waals surface area contributed by atoms with Crippen LogP contribution in [0.4, 0.5) is 13.2 Å². The summed E-state index contributed by atoms with van der Waals surface area (Å²) in [5, 5.41) is 3.48. The van der Waals surface area contributed by atoms with Crippen LogP contribution in [0.3, 0.4) is 0 Å². The van der Waals surface area contributed by atoms with Gasteiger partial charge in [0.05, 0.1) is 0 Å². The molecule has 2 aliphatic rings. The summed E-state index contributed by atoms with van der Waals surface area (Å²) >= 11 is 0. The van der Waals surface area contributed by atoms with E-state index >= 15 is 0 Å². The Balaban J connectivity index is 1.67. The predicted octanol–water partition coefficient (Wildman–Crippen LogP) is 4.21. The Hall–Kier alpha value is -1.27. The Morgan fingerprint density at radius 3 is 2.67 bits per heavy atom. The van der Waals surface area contributed by atoms with Gasteiger partial charge in [-0.3, -0.25) is 0 Å². The van der Waals surface area contributed by atoms with E-state index in [4.69, 9.17) is 5.73 Å². The molecule has 0 amide bonds. The quantitative estimate of drug-likeness (QED) is 0.861. The fourth-order valence-corrected chi connectivity index (χ4v) is 4.02. The molecule has 1 atom stereocenters. The van der Waals surface area contributed by atoms with Crippen molar-refractivity contribution in [3.8, 4) is 5.75 Å². The minimum Gasteiger partial charge on any atom is -0.406 e. The van der Waals surface area contributed by atoms with Crippen molar-refractivity contribution in [2.45, 2.75) is 69.3 Å². The molecular weight excluding hydrogens is 317 g/mol. The maximum absolute atomic E-state index is 12.4. The second kappa shape index (κ2) is 6.92. The SMILES string of the molecule is NC1(CCC2NCCc3cc(OC(F)(F)F)ccc32)CCCCC1. The van der Waals surface area contributed by atoms with Crippen LogP contribution in [0.2, 0.25) is 0 Å². The Morgan fingerprint density at radius 1 is 1.21 bits per heavy atom. The molecule has 0 aromatic heterocycles. The van der Waals surface area contributed by atoms with E-state index in [1.54, 1.807) is 6.07 Å². The highest BCUT2D eigenvalue weighted by atomic mass is 19.4. The molecule has 3 rings (SSSR count). The standard InChI is InChI=1S/C18H25F3N2O/c19-18(20,21)24-14-4-5-15-13(12-14)7-11-23-16(15)6-10-17(22)8-2-1-3-9-17/h4-5,12,16,23H,1-3,6-11,22H2. The summed E-state index contributed by atoms with van der Waals surface area (Å²) in [4.78, 5) is 0. The lowest BCUT2D eigenvalue weighted by molar-refractivity contribution is -0.274. The van der Waals surface area contributed by atoms with Crippen molar-refractivity contribution >= 4 is 0 Å². The Morgan fingerprint density at radius 2 is 1.96 bits per heavy atom. The summed E-state index contributed by atoms with van der Waals surface area (Å²) in [5.74, 6) is -0.135. The molecule has 1 aliphatic carbocycles. The van der Waals surface area contributed by atoms with Gasteiger partial charge in [0, 0.05) is 11.6 Å². The van der Waals surface area contributed by atoms with E-state index < -0.39 is 6.36 Å². The molecule has 24 heavy (non-hydrogen) atoms. The second-order valence-electron chi connectivity index (χ2n) is 7.13. The van der Waals surface area contributed by atoms with E-state index in [1.165, 1.54) is 31.4 Å². The van der Waals surface area contributed by atoms with Crippen LogP contribution in [-0.2, 0) is 6.42 Å². The minimum atomic E-state index is -4.65. The number of benzene rings is 1. The number of fused-ring (bicyclic) bond motifs is 1. The van der Waals surface area contributed by atoms with Gasteiger partial charge >= 0.3 is 6.36 Å². The molecule has 0 saturated heterocycles. The molecule has 1 saturated carbocycles. The average molecular weight is 342 g/mol. The third kappa shape index (κ3) is 4.42. The summed E-state index contributed by atoms with van der Waals surface area (Å²) in [5.41, 5.74) is 8.46. The van der Waals surface area contributed by atoms with Crippen LogP contribution >= 0.6 is 0 Å². The van der Waals surface area contributed by atoms with Gasteiger partial charge in [0.1, 0.15) is 5.75 Å². The number of nitrogens with two attached hydrogens (primary N) is 1. The van der Waals surface area contributed by atoms with Gasteiger partial charge in [-0.25, -0.2) is 0 Å². The molecule has 1 unspecified atom stereocenters. The highest BCUT2D eigenvalue weighted by Crippen LogP contribution is 2.35. The molecule has 0 radical (unpaired) electrons. The Kier molecular flexibility index (Phi) is 5.06. The van der Waals surface area contributed by atoms with Gasteiger partial charge < -0.3 is 15.8 Å². The van der Waals surface area contributed by atoms with Gasteiger partial charge in [-0.05, 0) is 61.9 Å². The lowest BCUT2D eigenvalue weighted by Crippen LogP contribution is -2.42. The van der Waals surface area contributed by atoms with Crippen molar-refractivity contribution in [3.63, 3.8) is 0 Å². The molecule has 1 aromatic carbocycles. The topological polar surface area (TPSA) is 47.3 Å². The van der Waals surface area contributed by atoms with E-state index in [0.29, 0.717) is 6.42 Å². The van der Waals surface area contributed by atoms with Gasteiger partial charge in [-0.1, -0.05) is 25.3 Å². The van der Waals surface area contributed by atoms with Crippen LogP contribution < -0.4 is 15.8 Å². The maximum atomic E-state index is 12.4. The molecule has 1 heterocycles. The first-order chi connectivity index (χ1) is 11.3. The molecule has 6 heteroatoms. The van der Waals surface area contributed by atoms with E-state index in [2.05, 4.69) is 10.1 Å². The second-order valence-corrected chi connectivity index (χ2v) is 7.13. The number of ether oxygens (including phenoxy) is 1. The van der Waals surface area contributed by atoms with Crippen LogP contribution in [0.25, 0.3) is 0 Å². The van der Waals surface area contributed by atoms with Crippen molar-refractivity contribution in [2.75, 3.05) is 6.54 Å². The van der Waals surface area contributed by atoms with E-state index in [-0.39, 0.29) is 17.3 Å². The first-order valence-corrected chi connectivity index (χ1v) is 8.76. The summed E-state index contributed by atoms with van der Waals surface area (Å²) in [6, 6.07) is 4.86. The molecule has 0 bridgehead atoms. The van der Waals surface area contributed by atoms with Crippen LogP contribution in [0.1, 0.15) is 62.1 Å². The van der Waals surface area contributed by atoms with Crippen LogP contribution in [0.5, 0.6) is 5.75 Å². The highest BCUT2D eigenvalue weighted by Gasteiger charge is 2.32. The van der Waals surface area contributed by atoms with Crippen molar-refractivity contribution < 1.29 is 17.9 Å². The van der Waals surface area contributed by atoms with Crippen molar-refractivity contribution in [3.05, 3.63) is 29.3 Å². The minimum absolute atomic E-state index is 0.0725. The first-order valence-electron chi connectivity index (χ1n) is 8.76. The van der Waals surface area contributed by atoms with Crippen LogP contribution in [0.15, 0.2) is 18.2 Å². The van der Waals surface area contributed by atoms with E-state index in [0.717, 1.165) is 43.4 Å². The number of nitrogens with one attached hydrogen (secondary N) is 1. The third-order valence-corrected chi connectivity index (χ3v) is 5.29. The number of hydrogen-bond donors (Lipinski definition) is 2. The fraction of sp³-hybridized carbons (Fsp3) is 0.667. The number of halogens is 3. The molecule has 3 nitrogen and oxygen atoms in total. The summed E-state index contributed by atoms with van der Waals surface area (Å²) < 4.78 is 41.1.